The smallest absolute Gasteiger partial charge is 0.359 e. The summed E-state index contributed by atoms with van der Waals surface area (Å²) < 4.78 is 21.0. The molecule has 0 aromatic heterocycles. The Morgan fingerprint density at radius 1 is 0.875 bits per heavy atom. The van der Waals surface area contributed by atoms with E-state index in [1.165, 1.54) is 6.08 Å². The summed E-state index contributed by atoms with van der Waals surface area (Å²) in [5.74, 6) is -4.76. The molecule has 0 spiro atoms. The van der Waals surface area contributed by atoms with Gasteiger partial charge in [-0.3, -0.25) is 9.59 Å². The van der Waals surface area contributed by atoms with Crippen LogP contribution in [-0.2, 0) is 47.7 Å². The van der Waals surface area contributed by atoms with E-state index in [1.54, 1.807) is 27.7 Å². The van der Waals surface area contributed by atoms with E-state index in [9.17, 15) is 24.0 Å². The summed E-state index contributed by atoms with van der Waals surface area (Å²) >= 11 is 52.6. The number of esters is 3. The molecule has 0 aliphatic carbocycles. The average molecular weight is 882 g/mol. The topological polar surface area (TPSA) is 147 Å². The minimum Gasteiger partial charge on any atom is -0.459 e. The van der Waals surface area contributed by atoms with E-state index in [0.29, 0.717) is 11.3 Å². The predicted molar refractivity (Wildman–Crippen MR) is 186 cm³/mol. The zero-order chi connectivity index (χ0) is 36.8. The van der Waals surface area contributed by atoms with Crippen LogP contribution in [0.1, 0.15) is 40.5 Å². The Morgan fingerprint density at radius 3 is 1.94 bits per heavy atom. The lowest BCUT2D eigenvalue weighted by molar-refractivity contribution is -0.208. The minimum absolute atomic E-state index is 0.0386. The van der Waals surface area contributed by atoms with Gasteiger partial charge in [-0.1, -0.05) is 136 Å². The Hall–Kier alpha value is 0.170. The van der Waals surface area contributed by atoms with Gasteiger partial charge in [0.1, 0.15) is 18.3 Å². The standard InChI is InChI=1S/C27H32Cl9NO10S/c1-5-48-18(39)9-37-17(38)7-11(2)6-15-21(47-24(42)27(34,35)36)20(46-23(41)26(31,32)33)14(10-43-15)8-16-19(45-16)12(3)13(4)44-22(40)25(28,29)30/h7,12-16,19-21H,5-6,8-10H2,1-4H3,(H,37,38)/b11-7+/t12-,13-,14-,15-,16-,19-,20+,21-/m0/s1. The molecule has 1 amide bonds. The average Bonchev–Trinajstić information content (AvgIpc) is 3.71. The fraction of sp³-hybridized carbons (Fsp3) is 0.741. The molecule has 2 fully saturated rings. The SMILES string of the molecule is CCSC(=O)CNC(=O)/C=C(\C)C[C@@H]1OC[C@H](C[C@@H]2O[C@H]2[C@@H](C)[C@H](C)OC(=O)C(Cl)(Cl)Cl)[C@@H](OC(=O)C(Cl)(Cl)Cl)[C@H]1OC(=O)C(Cl)(Cl)Cl. The Bertz CT molecular complexity index is 1220. The van der Waals surface area contributed by atoms with Gasteiger partial charge in [-0.2, -0.15) is 0 Å². The van der Waals surface area contributed by atoms with Crippen molar-refractivity contribution >= 4 is 145 Å². The third kappa shape index (κ3) is 14.3. The Morgan fingerprint density at radius 2 is 1.42 bits per heavy atom. The van der Waals surface area contributed by atoms with Crippen molar-refractivity contribution in [2.24, 2.45) is 11.8 Å². The number of nitrogens with one attached hydrogen (secondary N) is 1. The molecule has 2 saturated heterocycles. The van der Waals surface area contributed by atoms with Crippen LogP contribution in [0.2, 0.25) is 0 Å². The number of carbonyl (C=O) groups is 5. The maximum absolute atomic E-state index is 12.8. The minimum atomic E-state index is -2.53. The molecule has 0 unspecified atom stereocenters. The lowest BCUT2D eigenvalue weighted by Crippen LogP contribution is -2.55. The van der Waals surface area contributed by atoms with Gasteiger partial charge in [0.15, 0.2) is 6.10 Å². The fourth-order valence-electron chi connectivity index (χ4n) is 4.72. The predicted octanol–water partition coefficient (Wildman–Crippen LogP) is 6.39. The maximum atomic E-state index is 12.8. The van der Waals surface area contributed by atoms with Gasteiger partial charge in [0.25, 0.3) is 11.4 Å². The van der Waals surface area contributed by atoms with Crippen LogP contribution in [0.3, 0.4) is 0 Å². The molecule has 274 valence electrons. The van der Waals surface area contributed by atoms with Crippen LogP contribution in [-0.4, -0.2) is 95.8 Å². The van der Waals surface area contributed by atoms with Crippen molar-refractivity contribution in [1.29, 1.82) is 0 Å². The van der Waals surface area contributed by atoms with Crippen LogP contribution in [0.5, 0.6) is 0 Å². The molecule has 0 saturated carbocycles. The third-order valence-corrected chi connectivity index (χ3v) is 9.32. The monoisotopic (exact) mass is 877 g/mol. The highest BCUT2D eigenvalue weighted by Gasteiger charge is 2.54. The van der Waals surface area contributed by atoms with Gasteiger partial charge in [0.2, 0.25) is 11.0 Å². The number of halogens is 9. The summed E-state index contributed by atoms with van der Waals surface area (Å²) in [5, 5.41) is 2.27. The van der Waals surface area contributed by atoms with Crippen molar-refractivity contribution < 1.29 is 47.7 Å². The first-order valence-electron chi connectivity index (χ1n) is 14.2. The van der Waals surface area contributed by atoms with Crippen LogP contribution in [0.15, 0.2) is 11.6 Å². The van der Waals surface area contributed by atoms with Crippen molar-refractivity contribution in [3.8, 4) is 0 Å². The van der Waals surface area contributed by atoms with Gasteiger partial charge in [0, 0.05) is 17.9 Å². The van der Waals surface area contributed by atoms with Crippen LogP contribution in [0.4, 0.5) is 0 Å². The molecule has 2 rings (SSSR count). The maximum Gasteiger partial charge on any atom is 0.359 e. The molecule has 2 heterocycles. The number of carbonyl (C=O) groups excluding carboxylic acids is 5. The molecule has 1 N–H and O–H groups in total. The lowest BCUT2D eigenvalue weighted by Gasteiger charge is -2.42. The molecule has 0 radical (unpaired) electrons. The number of hydrogen-bond donors (Lipinski definition) is 1. The second-order valence-electron chi connectivity index (χ2n) is 10.9. The van der Waals surface area contributed by atoms with E-state index in [0.717, 1.165) is 11.8 Å². The Balaban J connectivity index is 2.31. The van der Waals surface area contributed by atoms with Crippen molar-refractivity contribution in [2.75, 3.05) is 18.9 Å². The van der Waals surface area contributed by atoms with E-state index < -0.39 is 77.7 Å². The van der Waals surface area contributed by atoms with Gasteiger partial charge in [0.05, 0.1) is 25.4 Å². The first kappa shape index (κ1) is 44.3. The molecule has 0 aromatic rings. The van der Waals surface area contributed by atoms with E-state index >= 15 is 0 Å². The molecule has 2 aliphatic rings. The van der Waals surface area contributed by atoms with Gasteiger partial charge >= 0.3 is 17.9 Å². The van der Waals surface area contributed by atoms with Crippen molar-refractivity contribution in [2.45, 2.75) is 88.5 Å². The highest BCUT2D eigenvalue weighted by molar-refractivity contribution is 8.13. The summed E-state index contributed by atoms with van der Waals surface area (Å²) in [7, 11) is 0. The number of hydrogen-bond acceptors (Lipinski definition) is 11. The Labute approximate surface area is 326 Å². The number of ether oxygens (including phenoxy) is 5. The highest BCUT2D eigenvalue weighted by Crippen LogP contribution is 2.42. The van der Waals surface area contributed by atoms with Crippen LogP contribution in [0.25, 0.3) is 0 Å². The highest BCUT2D eigenvalue weighted by atomic mass is 35.6. The van der Waals surface area contributed by atoms with Gasteiger partial charge in [-0.05, 0) is 32.4 Å². The fourth-order valence-corrected chi connectivity index (χ4v) is 5.62. The van der Waals surface area contributed by atoms with Crippen LogP contribution in [0, 0.1) is 11.8 Å². The number of epoxide rings is 1. The third-order valence-electron chi connectivity index (χ3n) is 7.18. The number of thioether (sulfide) groups is 1. The molecule has 0 bridgehead atoms. The molecular weight excluding hydrogens is 849 g/mol. The van der Waals surface area contributed by atoms with E-state index in [1.807, 2.05) is 0 Å². The summed E-state index contributed by atoms with van der Waals surface area (Å²) in [6, 6.07) is 0. The van der Waals surface area contributed by atoms with Gasteiger partial charge < -0.3 is 29.0 Å². The summed E-state index contributed by atoms with van der Waals surface area (Å²) in [4.78, 5) is 61.8. The largest absolute Gasteiger partial charge is 0.459 e. The molecule has 8 atom stereocenters. The van der Waals surface area contributed by atoms with Crippen molar-refractivity contribution in [3.63, 3.8) is 0 Å². The van der Waals surface area contributed by atoms with Gasteiger partial charge in [-0.25, -0.2) is 14.4 Å². The first-order valence-corrected chi connectivity index (χ1v) is 18.5. The normalized spacial score (nSPS) is 26.1. The zero-order valence-corrected chi connectivity index (χ0v) is 33.2. The van der Waals surface area contributed by atoms with Gasteiger partial charge in [-0.15, -0.1) is 0 Å². The van der Waals surface area contributed by atoms with Crippen LogP contribution >= 0.6 is 116 Å². The molecule has 2 aliphatic heterocycles. The molecule has 11 nitrogen and oxygen atoms in total. The zero-order valence-electron chi connectivity index (χ0n) is 25.6. The molecule has 0 aromatic carbocycles. The molecule has 48 heavy (non-hydrogen) atoms. The second kappa shape index (κ2) is 18.8. The van der Waals surface area contributed by atoms with Crippen molar-refractivity contribution in [3.05, 3.63) is 11.6 Å². The summed E-state index contributed by atoms with van der Waals surface area (Å²) in [6.07, 6.45) is -4.10. The number of rotatable bonds is 13. The molecule has 21 heteroatoms. The number of amides is 1. The van der Waals surface area contributed by atoms with Crippen molar-refractivity contribution in [1.82, 2.24) is 5.32 Å². The van der Waals surface area contributed by atoms with E-state index in [-0.39, 0.29) is 37.0 Å². The van der Waals surface area contributed by atoms with E-state index in [2.05, 4.69) is 5.32 Å². The Kier molecular flexibility index (Phi) is 17.3. The lowest BCUT2D eigenvalue weighted by atomic mass is 9.85. The summed E-state index contributed by atoms with van der Waals surface area (Å²) in [6.45, 7) is 6.49. The quantitative estimate of drug-likeness (QED) is 0.0722. The second-order valence-corrected chi connectivity index (χ2v) is 19.1. The van der Waals surface area contributed by atoms with E-state index in [4.69, 9.17) is 128 Å². The van der Waals surface area contributed by atoms with Crippen LogP contribution < -0.4 is 5.32 Å². The first-order chi connectivity index (χ1) is 21.9. The molecular formula is C27H32Cl9NO10S. The number of alkyl halides is 9. The summed E-state index contributed by atoms with van der Waals surface area (Å²) in [5.41, 5.74) is 0.436.